The second kappa shape index (κ2) is 36.2. The van der Waals surface area contributed by atoms with Crippen molar-refractivity contribution in [1.82, 2.24) is 21.3 Å². The number of hydrogen-bond acceptors (Lipinski definition) is 11. The van der Waals surface area contributed by atoms with Gasteiger partial charge in [-0.3, -0.25) is 19.2 Å². The number of thioether (sulfide) groups is 2. The van der Waals surface area contributed by atoms with Gasteiger partial charge in [0.15, 0.2) is 0 Å². The SMILES string of the molecule is CC(C)=CCC/C(C)=C/CC/C(C)=C/CSC[C@H](NC(=O)C(Cc1ccc(O)cc1)NC(=O)CC/C(C)=C/CC/C(C)=C/CC/C(C)=C/CSC[C@H](NC(=O)C(CC(=O)O)NC(=O)OC(C)(C)C)C(=O)O)C(=O)O. The lowest BCUT2D eigenvalue weighted by Crippen LogP contribution is -2.53. The number of benzene rings is 1. The van der Waals surface area contributed by atoms with Crippen LogP contribution in [0.1, 0.15) is 145 Å². The predicted molar refractivity (Wildman–Crippen MR) is 297 cm³/mol. The number of phenolic OH excluding ortho intramolecular Hbond substituents is 1. The molecule has 0 aromatic heterocycles. The number of aromatic hydroxyl groups is 1. The van der Waals surface area contributed by atoms with Crippen LogP contribution in [-0.2, 0) is 39.9 Å². The molecule has 0 heterocycles. The fourth-order valence-electron chi connectivity index (χ4n) is 6.89. The number of allylic oxidation sites excluding steroid dienone is 10. The smallest absolute Gasteiger partial charge is 0.408 e. The van der Waals surface area contributed by atoms with Gasteiger partial charge in [0.05, 0.1) is 6.42 Å². The second-order valence-electron chi connectivity index (χ2n) is 19.8. The maximum Gasteiger partial charge on any atom is 0.408 e. The molecular formula is C56H84N4O12S2. The summed E-state index contributed by atoms with van der Waals surface area (Å²) in [5.41, 5.74) is 7.00. The van der Waals surface area contributed by atoms with E-state index in [-0.39, 0.29) is 36.0 Å². The standard InChI is InChI=1S/C56H84N4O12S2/c1-37(2)15-11-16-38(3)18-13-21-41(6)29-31-73-35-47(53(67)68)58-51(65)45(33-43-24-26-44(61)27-25-43)57-49(62)28-23-40(5)20-12-17-39(4)19-14-22-42(7)30-32-74-36-48(54(69)70)59-52(66)46(34-50(63)64)60-55(71)72-56(8,9)10/h15,18-20,24-27,29-30,45-48,61H,11-14,16-17,21-23,28,31-36H2,1-10H3,(H,57,62)(H,58,65)(H,59,66)(H,60,71)(H,63,64)(H,67,68)(H,69,70)/b38-18+,39-19+,40-20+,41-29+,42-30+/t45?,46?,47-,48-/m0/s1. The molecule has 0 fully saturated rings. The lowest BCUT2D eigenvalue weighted by molar-refractivity contribution is -0.142. The Labute approximate surface area is 447 Å². The number of carboxylic acid groups (broad SMARTS) is 3. The van der Waals surface area contributed by atoms with E-state index in [1.165, 1.54) is 57.9 Å². The molecule has 74 heavy (non-hydrogen) atoms. The van der Waals surface area contributed by atoms with Gasteiger partial charge >= 0.3 is 24.0 Å². The summed E-state index contributed by atoms with van der Waals surface area (Å²) < 4.78 is 5.11. The van der Waals surface area contributed by atoms with Crippen molar-refractivity contribution in [3.05, 3.63) is 99.7 Å². The highest BCUT2D eigenvalue weighted by Gasteiger charge is 2.30. The van der Waals surface area contributed by atoms with E-state index in [1.54, 1.807) is 32.9 Å². The van der Waals surface area contributed by atoms with E-state index in [4.69, 9.17) is 4.74 Å². The van der Waals surface area contributed by atoms with Gasteiger partial charge in [-0.2, -0.15) is 23.5 Å². The Hall–Kier alpha value is -5.75. The van der Waals surface area contributed by atoms with Crippen LogP contribution in [0.3, 0.4) is 0 Å². The van der Waals surface area contributed by atoms with Crippen LogP contribution in [0.15, 0.2) is 94.2 Å². The third-order valence-electron chi connectivity index (χ3n) is 11.2. The Morgan fingerprint density at radius 3 is 1.38 bits per heavy atom. The summed E-state index contributed by atoms with van der Waals surface area (Å²) in [6.45, 7) is 19.2. The Bertz CT molecular complexity index is 2190. The first-order valence-corrected chi connectivity index (χ1v) is 27.5. The van der Waals surface area contributed by atoms with Crippen molar-refractivity contribution in [3.63, 3.8) is 0 Å². The molecule has 0 saturated carbocycles. The molecule has 1 rings (SSSR count). The average Bonchev–Trinajstić information content (AvgIpc) is 3.29. The van der Waals surface area contributed by atoms with Crippen LogP contribution < -0.4 is 21.3 Å². The summed E-state index contributed by atoms with van der Waals surface area (Å²) in [7, 11) is 0. The summed E-state index contributed by atoms with van der Waals surface area (Å²) in [6, 6.07) is 1.23. The molecule has 1 aromatic rings. The van der Waals surface area contributed by atoms with E-state index in [9.17, 15) is 54.0 Å². The van der Waals surface area contributed by atoms with Crippen LogP contribution in [0.2, 0.25) is 0 Å². The van der Waals surface area contributed by atoms with E-state index >= 15 is 0 Å². The van der Waals surface area contributed by atoms with Crippen LogP contribution in [0.25, 0.3) is 0 Å². The Morgan fingerprint density at radius 1 is 0.541 bits per heavy atom. The highest BCUT2D eigenvalue weighted by Crippen LogP contribution is 2.18. The van der Waals surface area contributed by atoms with Crippen molar-refractivity contribution in [3.8, 4) is 5.75 Å². The van der Waals surface area contributed by atoms with Gasteiger partial charge in [0.1, 0.15) is 35.5 Å². The molecule has 8 N–H and O–H groups in total. The summed E-state index contributed by atoms with van der Waals surface area (Å²) in [4.78, 5) is 87.3. The van der Waals surface area contributed by atoms with Crippen molar-refractivity contribution in [2.75, 3.05) is 23.0 Å². The van der Waals surface area contributed by atoms with Crippen LogP contribution in [-0.4, -0.2) is 115 Å². The largest absolute Gasteiger partial charge is 0.508 e. The number of amides is 4. The third-order valence-corrected chi connectivity index (χ3v) is 13.2. The zero-order chi connectivity index (χ0) is 55.8. The quantitative estimate of drug-likeness (QED) is 0.0233. The van der Waals surface area contributed by atoms with Gasteiger partial charge in [-0.15, -0.1) is 0 Å². The Balaban J connectivity index is 2.69. The van der Waals surface area contributed by atoms with Gasteiger partial charge in [-0.1, -0.05) is 82.0 Å². The minimum absolute atomic E-state index is 0.0102. The first kappa shape index (κ1) is 66.3. The minimum Gasteiger partial charge on any atom is -0.508 e. The number of carbonyl (C=O) groups is 7. The molecule has 16 nitrogen and oxygen atoms in total. The molecule has 0 spiro atoms. The summed E-state index contributed by atoms with van der Waals surface area (Å²) >= 11 is 2.70. The van der Waals surface area contributed by atoms with Gasteiger partial charge in [0, 0.05) is 35.9 Å². The van der Waals surface area contributed by atoms with Gasteiger partial charge in [0.2, 0.25) is 17.7 Å². The van der Waals surface area contributed by atoms with Crippen molar-refractivity contribution in [1.29, 1.82) is 0 Å². The average molecular weight is 1070 g/mol. The second-order valence-corrected chi connectivity index (χ2v) is 22.0. The summed E-state index contributed by atoms with van der Waals surface area (Å²) in [6.07, 6.45) is 18.9. The summed E-state index contributed by atoms with van der Waals surface area (Å²) in [5, 5.41) is 48.7. The van der Waals surface area contributed by atoms with Gasteiger partial charge in [-0.25, -0.2) is 14.4 Å². The lowest BCUT2D eigenvalue weighted by atomic mass is 10.0. The topological polar surface area (TPSA) is 258 Å². The van der Waals surface area contributed by atoms with Crippen molar-refractivity contribution in [2.45, 2.75) is 176 Å². The lowest BCUT2D eigenvalue weighted by Gasteiger charge is -2.23. The van der Waals surface area contributed by atoms with Crippen LogP contribution >= 0.6 is 23.5 Å². The fourth-order valence-corrected chi connectivity index (χ4v) is 8.89. The minimum atomic E-state index is -1.53. The molecule has 4 amide bonds. The molecular weight excluding hydrogens is 985 g/mol. The van der Waals surface area contributed by atoms with Gasteiger partial charge < -0.3 is 46.4 Å². The maximum atomic E-state index is 13.6. The number of hydrogen-bond donors (Lipinski definition) is 8. The molecule has 0 aliphatic rings. The number of phenols is 1. The molecule has 0 saturated heterocycles. The normalized spacial score (nSPS) is 14.2. The number of ether oxygens (including phenoxy) is 1. The number of aliphatic carboxylic acids is 3. The fraction of sp³-hybridized carbons (Fsp3) is 0.554. The van der Waals surface area contributed by atoms with E-state index < -0.39 is 72.0 Å². The number of rotatable bonds is 35. The first-order chi connectivity index (χ1) is 34.7. The zero-order valence-electron chi connectivity index (χ0n) is 45.3. The molecule has 18 heteroatoms. The zero-order valence-corrected chi connectivity index (χ0v) is 46.9. The number of nitrogens with one attached hydrogen (secondary N) is 4. The molecule has 0 bridgehead atoms. The van der Waals surface area contributed by atoms with Crippen LogP contribution in [0, 0.1) is 0 Å². The van der Waals surface area contributed by atoms with E-state index in [1.807, 2.05) is 19.9 Å². The van der Waals surface area contributed by atoms with Gasteiger partial charge in [0.25, 0.3) is 0 Å². The van der Waals surface area contributed by atoms with Gasteiger partial charge in [-0.05, 0) is 145 Å². The van der Waals surface area contributed by atoms with Crippen LogP contribution in [0.5, 0.6) is 5.75 Å². The summed E-state index contributed by atoms with van der Waals surface area (Å²) in [5.74, 6) is -4.43. The molecule has 0 aliphatic carbocycles. The molecule has 0 radical (unpaired) electrons. The van der Waals surface area contributed by atoms with E-state index in [0.717, 1.165) is 62.5 Å². The van der Waals surface area contributed by atoms with Crippen molar-refractivity contribution in [2.24, 2.45) is 0 Å². The Morgan fingerprint density at radius 2 is 0.959 bits per heavy atom. The molecule has 412 valence electrons. The molecule has 1 aromatic carbocycles. The van der Waals surface area contributed by atoms with Crippen molar-refractivity contribution < 1.29 is 58.7 Å². The maximum absolute atomic E-state index is 13.6. The highest BCUT2D eigenvalue weighted by molar-refractivity contribution is 7.99. The number of carboxylic acids is 3. The molecule has 2 unspecified atom stereocenters. The van der Waals surface area contributed by atoms with Crippen LogP contribution in [0.4, 0.5) is 4.79 Å². The number of alkyl carbamates (subject to hydrolysis) is 1. The van der Waals surface area contributed by atoms with E-state index in [2.05, 4.69) is 86.3 Å². The van der Waals surface area contributed by atoms with E-state index in [0.29, 0.717) is 23.5 Å². The molecule has 0 aliphatic heterocycles. The predicted octanol–water partition coefficient (Wildman–Crippen LogP) is 9.99. The Kier molecular flexibility index (Phi) is 32.5. The first-order valence-electron chi connectivity index (χ1n) is 25.2. The highest BCUT2D eigenvalue weighted by atomic mass is 32.2. The monoisotopic (exact) mass is 1070 g/mol. The van der Waals surface area contributed by atoms with Crippen molar-refractivity contribution >= 4 is 65.2 Å². The number of carbonyl (C=O) groups excluding carboxylic acids is 4. The molecule has 4 atom stereocenters. The third kappa shape index (κ3) is 33.1.